The second-order valence-corrected chi connectivity index (χ2v) is 4.81. The molecule has 0 aliphatic heterocycles. The Morgan fingerprint density at radius 3 is 3.22 bits per heavy atom. The molecule has 0 aliphatic rings. The number of nitrogens with zero attached hydrogens (tertiary/aromatic N) is 3. The molecule has 0 spiro atoms. The molecular formula is C11H8ClN3O2S. The molecule has 0 saturated heterocycles. The third-order valence-electron chi connectivity index (χ3n) is 2.50. The van der Waals surface area contributed by atoms with Crippen LogP contribution in [0, 0.1) is 0 Å². The van der Waals surface area contributed by atoms with Crippen molar-refractivity contribution in [1.82, 2.24) is 14.6 Å². The Hall–Kier alpha value is -1.66. The van der Waals surface area contributed by atoms with Crippen molar-refractivity contribution in [3.8, 4) is 0 Å². The van der Waals surface area contributed by atoms with Crippen LogP contribution in [0.4, 0.5) is 0 Å². The summed E-state index contributed by atoms with van der Waals surface area (Å²) >= 11 is 7.58. The fraction of sp³-hybridized carbons (Fsp3) is 0.182. The van der Waals surface area contributed by atoms with Crippen LogP contribution in [0.25, 0.3) is 15.9 Å². The first-order chi connectivity index (χ1) is 8.72. The van der Waals surface area contributed by atoms with Gasteiger partial charge in [0, 0.05) is 5.39 Å². The van der Waals surface area contributed by atoms with E-state index in [4.69, 9.17) is 16.3 Å². The average molecular weight is 282 g/mol. The van der Waals surface area contributed by atoms with Crippen molar-refractivity contribution < 1.29 is 9.53 Å². The highest BCUT2D eigenvalue weighted by atomic mass is 35.5. The number of ether oxygens (including phenoxy) is 1. The van der Waals surface area contributed by atoms with E-state index in [1.165, 1.54) is 17.5 Å². The maximum Gasteiger partial charge on any atom is 0.343 e. The van der Waals surface area contributed by atoms with Gasteiger partial charge in [-0.3, -0.25) is 0 Å². The van der Waals surface area contributed by atoms with Crippen LogP contribution in [-0.2, 0) is 4.74 Å². The highest BCUT2D eigenvalue weighted by Gasteiger charge is 2.18. The smallest absolute Gasteiger partial charge is 0.343 e. The monoisotopic (exact) mass is 281 g/mol. The van der Waals surface area contributed by atoms with Gasteiger partial charge in [-0.05, 0) is 18.4 Å². The van der Waals surface area contributed by atoms with Crippen molar-refractivity contribution in [2.45, 2.75) is 6.92 Å². The van der Waals surface area contributed by atoms with Crippen LogP contribution in [-0.4, -0.2) is 27.2 Å². The Bertz CT molecular complexity index is 749. The molecule has 3 aromatic rings. The zero-order valence-electron chi connectivity index (χ0n) is 9.38. The Morgan fingerprint density at radius 2 is 2.44 bits per heavy atom. The van der Waals surface area contributed by atoms with E-state index in [1.807, 2.05) is 11.4 Å². The lowest BCUT2D eigenvalue weighted by molar-refractivity contribution is 0.0528. The number of fused-ring (bicyclic) bond motifs is 3. The summed E-state index contributed by atoms with van der Waals surface area (Å²) in [6, 6.07) is 1.88. The molecular weight excluding hydrogens is 274 g/mol. The quantitative estimate of drug-likeness (QED) is 0.535. The van der Waals surface area contributed by atoms with E-state index in [-0.39, 0.29) is 0 Å². The molecule has 0 aliphatic carbocycles. The first-order valence-electron chi connectivity index (χ1n) is 5.30. The number of halogens is 1. The van der Waals surface area contributed by atoms with Gasteiger partial charge in [-0.15, -0.1) is 11.3 Å². The summed E-state index contributed by atoms with van der Waals surface area (Å²) < 4.78 is 6.57. The molecule has 7 heteroatoms. The largest absolute Gasteiger partial charge is 0.462 e. The van der Waals surface area contributed by atoms with Gasteiger partial charge in [0.2, 0.25) is 0 Å². The lowest BCUT2D eigenvalue weighted by Gasteiger charge is -2.00. The van der Waals surface area contributed by atoms with Crippen molar-refractivity contribution in [1.29, 1.82) is 0 Å². The molecule has 3 heterocycles. The summed E-state index contributed by atoms with van der Waals surface area (Å²) in [4.78, 5) is 16.8. The molecule has 0 saturated carbocycles. The number of hydrogen-bond acceptors (Lipinski definition) is 5. The molecule has 0 amide bonds. The minimum Gasteiger partial charge on any atom is -0.462 e. The number of carbonyl (C=O) groups is 1. The van der Waals surface area contributed by atoms with E-state index in [2.05, 4.69) is 10.1 Å². The van der Waals surface area contributed by atoms with E-state index in [0.29, 0.717) is 23.0 Å². The zero-order valence-corrected chi connectivity index (χ0v) is 11.0. The second-order valence-electron chi connectivity index (χ2n) is 3.56. The van der Waals surface area contributed by atoms with Crippen LogP contribution >= 0.6 is 22.9 Å². The van der Waals surface area contributed by atoms with Gasteiger partial charge in [-0.25, -0.2) is 14.3 Å². The molecule has 0 unspecified atom stereocenters. The molecule has 0 aromatic carbocycles. The maximum absolute atomic E-state index is 11.8. The fourth-order valence-corrected chi connectivity index (χ4v) is 2.87. The molecule has 0 fully saturated rings. The molecule has 0 N–H and O–H groups in total. The summed E-state index contributed by atoms with van der Waals surface area (Å²) in [7, 11) is 0. The molecule has 3 aromatic heterocycles. The summed E-state index contributed by atoms with van der Waals surface area (Å²) in [6.45, 7) is 2.06. The third-order valence-corrected chi connectivity index (χ3v) is 3.68. The van der Waals surface area contributed by atoms with E-state index in [9.17, 15) is 4.79 Å². The van der Waals surface area contributed by atoms with Gasteiger partial charge in [0.1, 0.15) is 15.5 Å². The molecule has 5 nitrogen and oxygen atoms in total. The van der Waals surface area contributed by atoms with Crippen molar-refractivity contribution in [2.24, 2.45) is 0 Å². The minimum atomic E-state index is -0.438. The molecule has 18 heavy (non-hydrogen) atoms. The van der Waals surface area contributed by atoms with Crippen molar-refractivity contribution in [2.75, 3.05) is 6.61 Å². The van der Waals surface area contributed by atoms with Crippen molar-refractivity contribution >= 4 is 44.8 Å². The van der Waals surface area contributed by atoms with E-state index < -0.39 is 5.97 Å². The molecule has 92 valence electrons. The van der Waals surface area contributed by atoms with E-state index in [0.717, 1.165) is 10.2 Å². The first kappa shape index (κ1) is 11.4. The molecule has 3 rings (SSSR count). The average Bonchev–Trinajstić information content (AvgIpc) is 2.94. The van der Waals surface area contributed by atoms with Gasteiger partial charge in [-0.2, -0.15) is 5.10 Å². The SMILES string of the molecule is CCOC(=O)c1cnn2c1nc(Cl)c1ccsc12. The lowest BCUT2D eigenvalue weighted by atomic mass is 10.3. The highest BCUT2D eigenvalue weighted by Crippen LogP contribution is 2.28. The Balaban J connectivity index is 2.31. The Kier molecular flexibility index (Phi) is 2.68. The number of rotatable bonds is 2. The maximum atomic E-state index is 11.8. The lowest BCUT2D eigenvalue weighted by Crippen LogP contribution is -2.05. The second kappa shape index (κ2) is 4.22. The molecule has 0 bridgehead atoms. The normalized spacial score (nSPS) is 11.2. The van der Waals surface area contributed by atoms with Gasteiger partial charge >= 0.3 is 5.97 Å². The minimum absolute atomic E-state index is 0.311. The van der Waals surface area contributed by atoms with Gasteiger partial charge in [0.25, 0.3) is 0 Å². The highest BCUT2D eigenvalue weighted by molar-refractivity contribution is 7.16. The van der Waals surface area contributed by atoms with Crippen molar-refractivity contribution in [3.05, 3.63) is 28.4 Å². The summed E-state index contributed by atoms with van der Waals surface area (Å²) in [5, 5.41) is 7.27. The van der Waals surface area contributed by atoms with Crippen LogP contribution in [0.2, 0.25) is 5.15 Å². The van der Waals surface area contributed by atoms with E-state index in [1.54, 1.807) is 11.4 Å². The number of aromatic nitrogens is 3. The third kappa shape index (κ3) is 1.57. The van der Waals surface area contributed by atoms with Crippen LogP contribution in [0.15, 0.2) is 17.6 Å². The topological polar surface area (TPSA) is 56.5 Å². The molecule has 0 atom stereocenters. The first-order valence-corrected chi connectivity index (χ1v) is 6.55. The van der Waals surface area contributed by atoms with Crippen LogP contribution < -0.4 is 0 Å². The van der Waals surface area contributed by atoms with Crippen LogP contribution in [0.5, 0.6) is 0 Å². The van der Waals surface area contributed by atoms with Crippen LogP contribution in [0.3, 0.4) is 0 Å². The predicted octanol–water partition coefficient (Wildman–Crippen LogP) is 2.77. The van der Waals surface area contributed by atoms with Crippen molar-refractivity contribution in [3.63, 3.8) is 0 Å². The Labute approximate surface area is 111 Å². The number of esters is 1. The summed E-state index contributed by atoms with van der Waals surface area (Å²) in [5.41, 5.74) is 0.752. The molecule has 0 radical (unpaired) electrons. The number of thiophene rings is 1. The predicted molar refractivity (Wildman–Crippen MR) is 69.3 cm³/mol. The van der Waals surface area contributed by atoms with Gasteiger partial charge in [-0.1, -0.05) is 11.6 Å². The fourth-order valence-electron chi connectivity index (χ4n) is 1.73. The summed E-state index contributed by atoms with van der Waals surface area (Å²) in [5.74, 6) is -0.438. The number of carbonyl (C=O) groups excluding carboxylic acids is 1. The standard InChI is InChI=1S/C11H8ClN3O2S/c1-2-17-11(16)7-5-13-15-9(7)14-8(12)6-3-4-18-10(6)15/h3-5H,2H2,1H3. The van der Waals surface area contributed by atoms with Crippen LogP contribution in [0.1, 0.15) is 17.3 Å². The number of hydrogen-bond donors (Lipinski definition) is 0. The zero-order chi connectivity index (χ0) is 12.7. The Morgan fingerprint density at radius 1 is 1.61 bits per heavy atom. The van der Waals surface area contributed by atoms with E-state index >= 15 is 0 Å². The van der Waals surface area contributed by atoms with Gasteiger partial charge in [0.05, 0.1) is 12.8 Å². The summed E-state index contributed by atoms with van der Waals surface area (Å²) in [6.07, 6.45) is 1.45. The van der Waals surface area contributed by atoms with Gasteiger partial charge < -0.3 is 4.74 Å². The van der Waals surface area contributed by atoms with Gasteiger partial charge in [0.15, 0.2) is 5.65 Å².